The fourth-order valence-electron chi connectivity index (χ4n) is 1.40. The van der Waals surface area contributed by atoms with Crippen molar-refractivity contribution in [2.24, 2.45) is 0 Å². The Bertz CT molecular complexity index is 471. The van der Waals surface area contributed by atoms with Crippen molar-refractivity contribution in [2.75, 3.05) is 11.9 Å². The molecule has 0 atom stereocenters. The van der Waals surface area contributed by atoms with E-state index in [0.717, 1.165) is 21.3 Å². The van der Waals surface area contributed by atoms with Gasteiger partial charge in [0.25, 0.3) is 0 Å². The van der Waals surface area contributed by atoms with Gasteiger partial charge in [-0.3, -0.25) is 0 Å². The van der Waals surface area contributed by atoms with Gasteiger partial charge in [0.05, 0.1) is 11.0 Å². The van der Waals surface area contributed by atoms with Gasteiger partial charge in [-0.2, -0.15) is 0 Å². The van der Waals surface area contributed by atoms with Crippen LogP contribution in [0.2, 0.25) is 0 Å². The van der Waals surface area contributed by atoms with Gasteiger partial charge in [0, 0.05) is 22.6 Å². The summed E-state index contributed by atoms with van der Waals surface area (Å²) in [6.45, 7) is 0.880. The average molecular weight is 362 g/mol. The smallest absolute Gasteiger partial charge is 0.143 e. The second-order valence-electron chi connectivity index (χ2n) is 3.39. The van der Waals surface area contributed by atoms with Crippen LogP contribution in [0.15, 0.2) is 38.7 Å². The van der Waals surface area contributed by atoms with Crippen LogP contribution >= 0.6 is 43.2 Å². The summed E-state index contributed by atoms with van der Waals surface area (Å²) in [7, 11) is 2.04. The number of nitrogens with zero attached hydrogens (tertiary/aromatic N) is 2. The quantitative estimate of drug-likeness (QED) is 0.809. The first kappa shape index (κ1) is 12.1. The highest BCUT2D eigenvalue weighted by Crippen LogP contribution is 2.27. The standard InChI is InChI=1S/C11H10Br2N2S/c1-15(7-9-3-2-4-16-9)11-10(13)5-8(12)6-14-11/h2-6H,7H2,1H3. The molecule has 0 fully saturated rings. The summed E-state index contributed by atoms with van der Waals surface area (Å²) in [5.41, 5.74) is 0. The first-order valence-corrected chi connectivity index (χ1v) is 7.18. The Balaban J connectivity index is 2.17. The molecule has 0 radical (unpaired) electrons. The lowest BCUT2D eigenvalue weighted by atomic mass is 10.4. The molecule has 5 heteroatoms. The van der Waals surface area contributed by atoms with E-state index in [0.29, 0.717) is 0 Å². The summed E-state index contributed by atoms with van der Waals surface area (Å²) in [4.78, 5) is 7.85. The topological polar surface area (TPSA) is 16.1 Å². The second kappa shape index (κ2) is 5.29. The van der Waals surface area contributed by atoms with E-state index in [1.165, 1.54) is 4.88 Å². The molecule has 2 aromatic heterocycles. The highest BCUT2D eigenvalue weighted by Gasteiger charge is 2.08. The highest BCUT2D eigenvalue weighted by molar-refractivity contribution is 9.11. The SMILES string of the molecule is CN(Cc1cccs1)c1ncc(Br)cc1Br. The van der Waals surface area contributed by atoms with Crippen molar-refractivity contribution >= 4 is 49.0 Å². The van der Waals surface area contributed by atoms with Crippen LogP contribution in [-0.2, 0) is 6.54 Å². The van der Waals surface area contributed by atoms with Crippen molar-refractivity contribution in [1.82, 2.24) is 4.98 Å². The van der Waals surface area contributed by atoms with Crippen molar-refractivity contribution in [3.63, 3.8) is 0 Å². The van der Waals surface area contributed by atoms with Gasteiger partial charge in [-0.05, 0) is 49.4 Å². The van der Waals surface area contributed by atoms with Gasteiger partial charge < -0.3 is 4.90 Å². The fourth-order valence-corrected chi connectivity index (χ4v) is 3.45. The molecule has 0 N–H and O–H groups in total. The number of hydrogen-bond donors (Lipinski definition) is 0. The molecular formula is C11H10Br2N2S. The predicted octanol–water partition coefficient (Wildman–Crippen LogP) is 4.30. The largest absolute Gasteiger partial charge is 0.354 e. The lowest BCUT2D eigenvalue weighted by molar-refractivity contribution is 0.907. The molecule has 0 spiro atoms. The first-order chi connectivity index (χ1) is 7.66. The number of thiophene rings is 1. The predicted molar refractivity (Wildman–Crippen MR) is 76.1 cm³/mol. The number of halogens is 2. The normalized spacial score (nSPS) is 10.4. The number of aromatic nitrogens is 1. The van der Waals surface area contributed by atoms with Crippen LogP contribution in [0.25, 0.3) is 0 Å². The lowest BCUT2D eigenvalue weighted by Gasteiger charge is -2.18. The third-order valence-electron chi connectivity index (χ3n) is 2.12. The number of anilines is 1. The zero-order valence-corrected chi connectivity index (χ0v) is 12.6. The van der Waals surface area contributed by atoms with Crippen LogP contribution in [0, 0.1) is 0 Å². The molecule has 0 aliphatic rings. The lowest BCUT2D eigenvalue weighted by Crippen LogP contribution is -2.17. The zero-order chi connectivity index (χ0) is 11.5. The van der Waals surface area contributed by atoms with E-state index in [4.69, 9.17) is 0 Å². The Morgan fingerprint density at radius 1 is 1.44 bits per heavy atom. The van der Waals surface area contributed by atoms with E-state index in [1.54, 1.807) is 11.3 Å². The van der Waals surface area contributed by atoms with Gasteiger partial charge in [-0.25, -0.2) is 4.98 Å². The monoisotopic (exact) mass is 360 g/mol. The summed E-state index contributed by atoms with van der Waals surface area (Å²) >= 11 is 8.68. The summed E-state index contributed by atoms with van der Waals surface area (Å²) in [5.74, 6) is 0.955. The Labute approximate surface area is 116 Å². The van der Waals surface area contributed by atoms with Gasteiger partial charge in [0.1, 0.15) is 5.82 Å². The Morgan fingerprint density at radius 2 is 2.25 bits per heavy atom. The van der Waals surface area contributed by atoms with Crippen molar-refractivity contribution in [1.29, 1.82) is 0 Å². The van der Waals surface area contributed by atoms with Crippen molar-refractivity contribution in [3.05, 3.63) is 43.6 Å². The minimum absolute atomic E-state index is 0.880. The Morgan fingerprint density at radius 3 is 2.88 bits per heavy atom. The van der Waals surface area contributed by atoms with E-state index < -0.39 is 0 Å². The molecule has 0 aromatic carbocycles. The van der Waals surface area contributed by atoms with Gasteiger partial charge in [0.2, 0.25) is 0 Å². The van der Waals surface area contributed by atoms with E-state index in [9.17, 15) is 0 Å². The van der Waals surface area contributed by atoms with Crippen molar-refractivity contribution in [2.45, 2.75) is 6.54 Å². The molecule has 2 aromatic rings. The van der Waals surface area contributed by atoms with Crippen molar-refractivity contribution < 1.29 is 0 Å². The molecule has 0 saturated carbocycles. The highest BCUT2D eigenvalue weighted by atomic mass is 79.9. The van der Waals surface area contributed by atoms with Gasteiger partial charge in [-0.15, -0.1) is 11.3 Å². The molecule has 0 bridgehead atoms. The molecule has 2 heterocycles. The van der Waals surface area contributed by atoms with Crippen LogP contribution < -0.4 is 4.90 Å². The minimum atomic E-state index is 0.880. The molecule has 16 heavy (non-hydrogen) atoms. The third kappa shape index (κ3) is 2.84. The maximum Gasteiger partial charge on any atom is 0.143 e. The van der Waals surface area contributed by atoms with Gasteiger partial charge in [0.15, 0.2) is 0 Å². The summed E-state index contributed by atoms with van der Waals surface area (Å²) in [5, 5.41) is 2.09. The van der Waals surface area contributed by atoms with Gasteiger partial charge >= 0.3 is 0 Å². The van der Waals surface area contributed by atoms with E-state index in [-0.39, 0.29) is 0 Å². The molecular weight excluding hydrogens is 352 g/mol. The van der Waals surface area contributed by atoms with Crippen LogP contribution in [0.1, 0.15) is 4.88 Å². The second-order valence-corrected chi connectivity index (χ2v) is 6.20. The maximum atomic E-state index is 4.40. The summed E-state index contributed by atoms with van der Waals surface area (Å²) in [6.07, 6.45) is 1.81. The average Bonchev–Trinajstić information content (AvgIpc) is 2.70. The maximum absolute atomic E-state index is 4.40. The number of pyridine rings is 1. The van der Waals surface area contributed by atoms with Crippen molar-refractivity contribution in [3.8, 4) is 0 Å². The van der Waals surface area contributed by atoms with E-state index in [1.807, 2.05) is 19.3 Å². The van der Waals surface area contributed by atoms with E-state index >= 15 is 0 Å². The Hall–Kier alpha value is -0.390. The molecule has 2 rings (SSSR count). The van der Waals surface area contributed by atoms with Crippen LogP contribution in [0.4, 0.5) is 5.82 Å². The Kier molecular flexibility index (Phi) is 4.00. The zero-order valence-electron chi connectivity index (χ0n) is 8.65. The number of hydrogen-bond acceptors (Lipinski definition) is 3. The van der Waals surface area contributed by atoms with Crippen LogP contribution in [-0.4, -0.2) is 12.0 Å². The molecule has 0 unspecified atom stereocenters. The first-order valence-electron chi connectivity index (χ1n) is 4.71. The molecule has 0 aliphatic carbocycles. The van der Waals surface area contributed by atoms with E-state index in [2.05, 4.69) is 59.3 Å². The minimum Gasteiger partial charge on any atom is -0.354 e. The van der Waals surface area contributed by atoms with Crippen LogP contribution in [0.5, 0.6) is 0 Å². The molecule has 84 valence electrons. The molecule has 0 amide bonds. The summed E-state index contributed by atoms with van der Waals surface area (Å²) < 4.78 is 1.98. The molecule has 0 aliphatic heterocycles. The summed E-state index contributed by atoms with van der Waals surface area (Å²) in [6, 6.07) is 6.21. The molecule has 2 nitrogen and oxygen atoms in total. The fraction of sp³-hybridized carbons (Fsp3) is 0.182. The van der Waals surface area contributed by atoms with Crippen LogP contribution in [0.3, 0.4) is 0 Å². The molecule has 0 saturated heterocycles. The third-order valence-corrected chi connectivity index (χ3v) is 4.00. The van der Waals surface area contributed by atoms with Gasteiger partial charge in [-0.1, -0.05) is 6.07 Å². The number of rotatable bonds is 3.